The van der Waals surface area contributed by atoms with Crippen molar-refractivity contribution >= 4 is 5.57 Å². The fourth-order valence-corrected chi connectivity index (χ4v) is 2.92. The lowest BCUT2D eigenvalue weighted by Gasteiger charge is -2.25. The lowest BCUT2D eigenvalue weighted by Crippen LogP contribution is -2.13. The topological polar surface area (TPSA) is 29.5 Å². The molecular weight excluding hydrogens is 339 g/mol. The summed E-state index contributed by atoms with van der Waals surface area (Å²) in [6.07, 6.45) is 4.99. The third kappa shape index (κ3) is 5.33. The van der Waals surface area contributed by atoms with Gasteiger partial charge in [0.2, 0.25) is 0 Å². The van der Waals surface area contributed by atoms with Gasteiger partial charge < -0.3 is 9.84 Å². The number of hydrogen-bond donors (Lipinski definition) is 1. The number of allylic oxidation sites excluding steroid dienone is 2. The third-order valence-corrected chi connectivity index (χ3v) is 3.98. The number of ether oxygens (including phenoxy) is 1. The van der Waals surface area contributed by atoms with Crippen molar-refractivity contribution in [3.63, 3.8) is 0 Å². The molecular formula is C24H29FO2. The van der Waals surface area contributed by atoms with Gasteiger partial charge in [-0.3, -0.25) is 4.39 Å². The Hall–Kier alpha value is -2.81. The average molecular weight is 368 g/mol. The average Bonchev–Trinajstić information content (AvgIpc) is 2.75. The number of para-hydroxylation sites is 1. The molecule has 0 bridgehead atoms. The Labute approximate surface area is 162 Å². The minimum absolute atomic E-state index is 0.268. The molecule has 0 amide bonds. The maximum Gasteiger partial charge on any atom is 0.127 e. The summed E-state index contributed by atoms with van der Waals surface area (Å²) in [6, 6.07) is 15.4. The molecule has 1 N–H and O–H groups in total. The highest BCUT2D eigenvalue weighted by atomic mass is 19.1. The minimum atomic E-state index is 0.268. The van der Waals surface area contributed by atoms with Crippen LogP contribution in [-0.4, -0.2) is 18.9 Å². The molecule has 0 unspecified atom stereocenters. The second-order valence-corrected chi connectivity index (χ2v) is 5.46. The molecule has 27 heavy (non-hydrogen) atoms. The molecule has 2 aromatic carbocycles. The number of fused-ring (bicyclic) bond motifs is 1. The van der Waals surface area contributed by atoms with E-state index >= 15 is 0 Å². The second-order valence-electron chi connectivity index (χ2n) is 5.46. The quantitative estimate of drug-likeness (QED) is 0.607. The van der Waals surface area contributed by atoms with Gasteiger partial charge in [-0.1, -0.05) is 69.8 Å². The predicted octanol–water partition coefficient (Wildman–Crippen LogP) is 6.72. The van der Waals surface area contributed by atoms with Gasteiger partial charge in [-0.25, -0.2) is 0 Å². The number of phenolic OH excluding ortho intramolecular Hbond substituents is 1. The largest absolute Gasteiger partial charge is 0.508 e. The normalized spacial score (nSPS) is 12.6. The number of halogens is 1. The van der Waals surface area contributed by atoms with Crippen molar-refractivity contribution in [1.29, 1.82) is 0 Å². The van der Waals surface area contributed by atoms with E-state index in [0.29, 0.717) is 13.8 Å². The van der Waals surface area contributed by atoms with E-state index in [1.165, 1.54) is 0 Å². The summed E-state index contributed by atoms with van der Waals surface area (Å²) >= 11 is 0. The molecule has 3 rings (SSSR count). The molecule has 0 fully saturated rings. The molecule has 0 saturated heterocycles. The number of rotatable bonds is 4. The van der Waals surface area contributed by atoms with Crippen LogP contribution in [0.2, 0.25) is 0 Å². The van der Waals surface area contributed by atoms with Crippen LogP contribution >= 0.6 is 0 Å². The van der Waals surface area contributed by atoms with Gasteiger partial charge in [-0.2, -0.15) is 0 Å². The van der Waals surface area contributed by atoms with Crippen LogP contribution in [0, 0.1) is 0 Å². The lowest BCUT2D eigenvalue weighted by molar-refractivity contribution is 0.348. The number of benzene rings is 2. The van der Waals surface area contributed by atoms with E-state index in [-0.39, 0.29) is 5.75 Å². The fourth-order valence-electron chi connectivity index (χ4n) is 2.92. The second kappa shape index (κ2) is 11.7. The van der Waals surface area contributed by atoms with Crippen LogP contribution in [0.25, 0.3) is 5.57 Å². The Morgan fingerprint density at radius 2 is 1.74 bits per heavy atom. The van der Waals surface area contributed by atoms with Crippen LogP contribution in [-0.2, 0) is 0 Å². The van der Waals surface area contributed by atoms with Gasteiger partial charge in [-0.15, -0.1) is 0 Å². The summed E-state index contributed by atoms with van der Waals surface area (Å²) < 4.78 is 15.4. The maximum absolute atomic E-state index is 9.59. The monoisotopic (exact) mass is 368 g/mol. The zero-order chi connectivity index (χ0) is 20.2. The molecule has 0 spiro atoms. The van der Waals surface area contributed by atoms with Crippen LogP contribution in [0.4, 0.5) is 4.39 Å². The first kappa shape index (κ1) is 22.2. The van der Waals surface area contributed by atoms with Crippen molar-refractivity contribution in [1.82, 2.24) is 0 Å². The molecule has 0 saturated carbocycles. The van der Waals surface area contributed by atoms with Crippen LogP contribution in [0.15, 0.2) is 78.4 Å². The molecule has 0 aromatic heterocycles. The summed E-state index contributed by atoms with van der Waals surface area (Å²) in [5.74, 6) is 1.16. The predicted molar refractivity (Wildman–Crippen MR) is 113 cm³/mol. The van der Waals surface area contributed by atoms with Crippen molar-refractivity contribution in [3.8, 4) is 11.5 Å². The summed E-state index contributed by atoms with van der Waals surface area (Å²) in [6.45, 7) is 10.6. The van der Waals surface area contributed by atoms with Crippen LogP contribution in [0.3, 0.4) is 0 Å². The van der Waals surface area contributed by atoms with Crippen LogP contribution in [0.1, 0.15) is 38.3 Å². The molecule has 1 heterocycles. The van der Waals surface area contributed by atoms with E-state index in [2.05, 4.69) is 25.6 Å². The zero-order valence-electron chi connectivity index (χ0n) is 16.6. The Bertz CT molecular complexity index is 786. The molecule has 0 radical (unpaired) electrons. The van der Waals surface area contributed by atoms with E-state index in [0.717, 1.165) is 40.0 Å². The van der Waals surface area contributed by atoms with Gasteiger partial charge in [0, 0.05) is 11.1 Å². The molecule has 3 heteroatoms. The summed E-state index contributed by atoms with van der Waals surface area (Å²) in [4.78, 5) is 0. The number of phenols is 1. The first-order chi connectivity index (χ1) is 13.2. The van der Waals surface area contributed by atoms with E-state index in [4.69, 9.17) is 4.74 Å². The van der Waals surface area contributed by atoms with Gasteiger partial charge in [0.15, 0.2) is 0 Å². The maximum atomic E-state index is 9.59. The lowest BCUT2D eigenvalue weighted by atomic mass is 9.87. The van der Waals surface area contributed by atoms with Crippen LogP contribution < -0.4 is 4.74 Å². The number of hydrogen-bond acceptors (Lipinski definition) is 2. The fraction of sp³-hybridized carbons (Fsp3) is 0.250. The molecule has 2 nitrogen and oxygen atoms in total. The number of aromatic hydroxyl groups is 1. The standard InChI is InChI=1S/C21H20O2.C2H6.CH3F/c1-3-7-15(4-2)19-14-23-20-9-6-5-8-18(20)21(19)16-10-12-17(22)13-11-16;2*1-2/h4-13,22H,2-3,14H2,1H3;1-2H3;1H3/b15-7+;;. The summed E-state index contributed by atoms with van der Waals surface area (Å²) in [5.41, 5.74) is 5.52. The number of alkyl halides is 1. The van der Waals surface area contributed by atoms with Crippen molar-refractivity contribution in [2.24, 2.45) is 0 Å². The molecule has 1 aliphatic heterocycles. The Balaban J connectivity index is 0.000000855. The SMILES string of the molecule is C=C/C(=C\CC)C1=C(c2ccc(O)cc2)c2ccccc2OC1.CC.CF. The van der Waals surface area contributed by atoms with Crippen molar-refractivity contribution in [2.75, 3.05) is 13.8 Å². The Morgan fingerprint density at radius 3 is 2.33 bits per heavy atom. The molecule has 1 aliphatic rings. The zero-order valence-corrected chi connectivity index (χ0v) is 16.6. The van der Waals surface area contributed by atoms with Gasteiger partial charge in [0.1, 0.15) is 18.1 Å². The minimum Gasteiger partial charge on any atom is -0.508 e. The van der Waals surface area contributed by atoms with Gasteiger partial charge in [0.05, 0.1) is 7.18 Å². The van der Waals surface area contributed by atoms with E-state index in [1.807, 2.05) is 50.3 Å². The van der Waals surface area contributed by atoms with E-state index < -0.39 is 0 Å². The highest BCUT2D eigenvalue weighted by Crippen LogP contribution is 2.40. The molecule has 2 aromatic rings. The van der Waals surface area contributed by atoms with Gasteiger partial charge in [-0.05, 0) is 41.3 Å². The Morgan fingerprint density at radius 1 is 1.11 bits per heavy atom. The first-order valence-electron chi connectivity index (χ1n) is 9.20. The first-order valence-corrected chi connectivity index (χ1v) is 9.20. The van der Waals surface area contributed by atoms with Gasteiger partial charge in [0.25, 0.3) is 0 Å². The third-order valence-electron chi connectivity index (χ3n) is 3.98. The van der Waals surface area contributed by atoms with Crippen molar-refractivity contribution < 1.29 is 14.2 Å². The summed E-state index contributed by atoms with van der Waals surface area (Å²) in [7, 11) is 0.500. The van der Waals surface area contributed by atoms with Gasteiger partial charge >= 0.3 is 0 Å². The van der Waals surface area contributed by atoms with Crippen LogP contribution in [0.5, 0.6) is 11.5 Å². The molecule has 0 atom stereocenters. The summed E-state index contributed by atoms with van der Waals surface area (Å²) in [5, 5.41) is 9.59. The molecule has 0 aliphatic carbocycles. The van der Waals surface area contributed by atoms with E-state index in [1.54, 1.807) is 12.1 Å². The highest BCUT2D eigenvalue weighted by Gasteiger charge is 2.22. The molecule has 144 valence electrons. The van der Waals surface area contributed by atoms with Crippen molar-refractivity contribution in [3.05, 3.63) is 89.5 Å². The highest BCUT2D eigenvalue weighted by molar-refractivity contribution is 5.89. The van der Waals surface area contributed by atoms with E-state index in [9.17, 15) is 9.50 Å². The smallest absolute Gasteiger partial charge is 0.127 e. The Kier molecular flexibility index (Phi) is 9.66. The van der Waals surface area contributed by atoms with Crippen molar-refractivity contribution in [2.45, 2.75) is 27.2 Å².